The van der Waals surface area contributed by atoms with Crippen LogP contribution in [0, 0.1) is 0 Å². The van der Waals surface area contributed by atoms with E-state index in [9.17, 15) is 9.90 Å². The monoisotopic (exact) mass is 317 g/mol. The van der Waals surface area contributed by atoms with E-state index in [0.29, 0.717) is 18.9 Å². The quantitative estimate of drug-likeness (QED) is 0.832. The fraction of sp³-hybridized carbons (Fsp3) is 0.389. The van der Waals surface area contributed by atoms with Crippen molar-refractivity contribution < 1.29 is 19.4 Å². The van der Waals surface area contributed by atoms with E-state index in [1.165, 1.54) is 4.57 Å². The Labute approximate surface area is 136 Å². The molecule has 0 spiro atoms. The summed E-state index contributed by atoms with van der Waals surface area (Å²) in [6.45, 7) is 6.04. The summed E-state index contributed by atoms with van der Waals surface area (Å²) in [5.74, 6) is -0.682. The van der Waals surface area contributed by atoms with E-state index < -0.39 is 17.8 Å². The topological polar surface area (TPSA) is 60.7 Å². The highest BCUT2D eigenvalue weighted by Gasteiger charge is 2.25. The number of carbonyl (C=O) groups is 1. The molecule has 2 aromatic rings. The highest BCUT2D eigenvalue weighted by molar-refractivity contribution is 5.73. The van der Waals surface area contributed by atoms with Gasteiger partial charge in [-0.1, -0.05) is 30.3 Å². The van der Waals surface area contributed by atoms with Crippen LogP contribution in [-0.4, -0.2) is 21.2 Å². The third-order valence-corrected chi connectivity index (χ3v) is 3.11. The molecule has 0 aliphatic rings. The van der Waals surface area contributed by atoms with E-state index >= 15 is 0 Å². The predicted octanol–water partition coefficient (Wildman–Crippen LogP) is 3.04. The minimum Gasteiger partial charge on any atom is -0.457 e. The molecule has 1 heterocycles. The minimum absolute atomic E-state index is 0.293. The smallest absolute Gasteiger partial charge is 0.357 e. The molecule has 1 atom stereocenters. The van der Waals surface area contributed by atoms with Gasteiger partial charge >= 0.3 is 5.97 Å². The molecule has 0 aliphatic heterocycles. The van der Waals surface area contributed by atoms with Crippen LogP contribution in [0.3, 0.4) is 0 Å². The summed E-state index contributed by atoms with van der Waals surface area (Å²) in [6.07, 6.45) is 0.259. The molecule has 1 aromatic heterocycles. The van der Waals surface area contributed by atoms with Crippen molar-refractivity contribution in [2.45, 2.75) is 45.8 Å². The molecule has 0 bridgehead atoms. The summed E-state index contributed by atoms with van der Waals surface area (Å²) in [4.78, 5) is 12.0. The predicted molar refractivity (Wildman–Crippen MR) is 86.5 cm³/mol. The zero-order valence-electron chi connectivity index (χ0n) is 13.7. The maximum Gasteiger partial charge on any atom is 0.357 e. The molecule has 124 valence electrons. The number of aliphatic hydroxyl groups excluding tert-OH is 1. The van der Waals surface area contributed by atoms with Crippen molar-refractivity contribution in [1.29, 1.82) is 0 Å². The highest BCUT2D eigenvalue weighted by Crippen LogP contribution is 2.17. The van der Waals surface area contributed by atoms with E-state index in [2.05, 4.69) is 0 Å². The van der Waals surface area contributed by atoms with Gasteiger partial charge < -0.3 is 19.1 Å². The van der Waals surface area contributed by atoms with Crippen LogP contribution in [0.5, 0.6) is 0 Å². The molecular weight excluding hydrogens is 294 g/mol. The van der Waals surface area contributed by atoms with Gasteiger partial charge in [-0.05, 0) is 38.5 Å². The molecule has 0 amide bonds. The highest BCUT2D eigenvalue weighted by atomic mass is 16.6. The number of hydrogen-bond donors (Lipinski definition) is 1. The Hall–Kier alpha value is -2.11. The fourth-order valence-corrected chi connectivity index (χ4v) is 2.11. The first-order chi connectivity index (χ1) is 10.9. The van der Waals surface area contributed by atoms with Gasteiger partial charge in [0.15, 0.2) is 0 Å². The average Bonchev–Trinajstić information content (AvgIpc) is 2.94. The average molecular weight is 317 g/mol. The number of nitrogens with zero attached hydrogens (tertiary/aromatic N) is 1. The largest absolute Gasteiger partial charge is 0.457 e. The molecule has 1 N–H and O–H groups in total. The van der Waals surface area contributed by atoms with Crippen molar-refractivity contribution in [1.82, 2.24) is 4.57 Å². The molecule has 0 saturated carbocycles. The zero-order chi connectivity index (χ0) is 16.9. The molecule has 0 aliphatic carbocycles. The SMILES string of the molecule is CC(C)(C)OC(=O)C(O)n1cccc1COCc1ccccc1. The van der Waals surface area contributed by atoms with Gasteiger partial charge in [-0.2, -0.15) is 0 Å². The molecule has 1 aromatic carbocycles. The molecule has 5 nitrogen and oxygen atoms in total. The number of esters is 1. The van der Waals surface area contributed by atoms with Crippen molar-refractivity contribution in [2.24, 2.45) is 0 Å². The summed E-state index contributed by atoms with van der Waals surface area (Å²) >= 11 is 0. The van der Waals surface area contributed by atoms with Gasteiger partial charge in [-0.3, -0.25) is 0 Å². The first-order valence-electron chi connectivity index (χ1n) is 7.55. The lowest BCUT2D eigenvalue weighted by Crippen LogP contribution is -2.30. The lowest BCUT2D eigenvalue weighted by atomic mass is 10.2. The van der Waals surface area contributed by atoms with E-state index in [4.69, 9.17) is 9.47 Å². The van der Waals surface area contributed by atoms with Crippen molar-refractivity contribution >= 4 is 5.97 Å². The van der Waals surface area contributed by atoms with Crippen LogP contribution in [-0.2, 0) is 27.5 Å². The van der Waals surface area contributed by atoms with E-state index in [1.807, 2.05) is 30.3 Å². The Bertz CT molecular complexity index is 628. The van der Waals surface area contributed by atoms with Crippen molar-refractivity contribution in [3.8, 4) is 0 Å². The first-order valence-corrected chi connectivity index (χ1v) is 7.55. The Morgan fingerprint density at radius 3 is 2.48 bits per heavy atom. The molecule has 2 rings (SSSR count). The number of ether oxygens (including phenoxy) is 2. The van der Waals surface area contributed by atoms with Gasteiger partial charge in [-0.15, -0.1) is 0 Å². The summed E-state index contributed by atoms with van der Waals surface area (Å²) < 4.78 is 12.3. The van der Waals surface area contributed by atoms with E-state index in [1.54, 1.807) is 39.1 Å². The first kappa shape index (κ1) is 17.2. The van der Waals surface area contributed by atoms with Crippen LogP contribution in [0.15, 0.2) is 48.7 Å². The number of aliphatic hydroxyl groups is 1. The molecule has 1 unspecified atom stereocenters. The maximum absolute atomic E-state index is 12.0. The number of aromatic nitrogens is 1. The van der Waals surface area contributed by atoms with Crippen molar-refractivity contribution in [2.75, 3.05) is 0 Å². The lowest BCUT2D eigenvalue weighted by molar-refractivity contribution is -0.170. The number of hydrogen-bond acceptors (Lipinski definition) is 4. The van der Waals surface area contributed by atoms with Gasteiger partial charge in [0.25, 0.3) is 0 Å². The lowest BCUT2D eigenvalue weighted by Gasteiger charge is -2.23. The van der Waals surface area contributed by atoms with Gasteiger partial charge in [0.1, 0.15) is 5.60 Å². The third kappa shape index (κ3) is 5.23. The zero-order valence-corrected chi connectivity index (χ0v) is 13.7. The Morgan fingerprint density at radius 1 is 1.13 bits per heavy atom. The Kier molecular flexibility index (Phi) is 5.58. The summed E-state index contributed by atoms with van der Waals surface area (Å²) in [7, 11) is 0. The molecule has 0 radical (unpaired) electrons. The molecule has 0 saturated heterocycles. The summed E-state index contributed by atoms with van der Waals surface area (Å²) in [6, 6.07) is 13.4. The third-order valence-electron chi connectivity index (χ3n) is 3.11. The van der Waals surface area contributed by atoms with Crippen LogP contribution in [0.2, 0.25) is 0 Å². The second-order valence-corrected chi connectivity index (χ2v) is 6.29. The van der Waals surface area contributed by atoms with Crippen LogP contribution in [0.25, 0.3) is 0 Å². The number of benzene rings is 1. The van der Waals surface area contributed by atoms with Gasteiger partial charge in [0.05, 0.1) is 13.2 Å². The van der Waals surface area contributed by atoms with Crippen LogP contribution < -0.4 is 0 Å². The van der Waals surface area contributed by atoms with Crippen LogP contribution in [0.4, 0.5) is 0 Å². The number of carbonyl (C=O) groups excluding carboxylic acids is 1. The molecule has 5 heteroatoms. The van der Waals surface area contributed by atoms with E-state index in [-0.39, 0.29) is 0 Å². The van der Waals surface area contributed by atoms with Crippen LogP contribution in [0.1, 0.15) is 38.3 Å². The summed E-state index contributed by atoms with van der Waals surface area (Å²) in [5.41, 5.74) is 1.13. The molecular formula is C18H23NO4. The van der Waals surface area contributed by atoms with Crippen molar-refractivity contribution in [3.05, 3.63) is 59.9 Å². The fourth-order valence-electron chi connectivity index (χ4n) is 2.11. The van der Waals surface area contributed by atoms with Crippen LogP contribution >= 0.6 is 0 Å². The van der Waals surface area contributed by atoms with Gasteiger partial charge in [0, 0.05) is 11.9 Å². The molecule has 23 heavy (non-hydrogen) atoms. The van der Waals surface area contributed by atoms with Gasteiger partial charge in [0.2, 0.25) is 6.23 Å². The summed E-state index contributed by atoms with van der Waals surface area (Å²) in [5, 5.41) is 10.2. The van der Waals surface area contributed by atoms with Gasteiger partial charge in [-0.25, -0.2) is 4.79 Å². The second kappa shape index (κ2) is 7.44. The normalized spacial score (nSPS) is 12.9. The van der Waals surface area contributed by atoms with E-state index in [0.717, 1.165) is 5.56 Å². The maximum atomic E-state index is 12.0. The number of rotatable bonds is 6. The molecule has 0 fully saturated rings. The second-order valence-electron chi connectivity index (χ2n) is 6.29. The minimum atomic E-state index is -1.38. The Balaban J connectivity index is 1.95. The standard InChI is InChI=1S/C18H23NO4/c1-18(2,3)23-17(21)16(20)19-11-7-10-15(19)13-22-12-14-8-5-4-6-9-14/h4-11,16,20H,12-13H2,1-3H3. The van der Waals surface area contributed by atoms with Crippen molar-refractivity contribution in [3.63, 3.8) is 0 Å². The Morgan fingerprint density at radius 2 is 1.83 bits per heavy atom.